The normalized spacial score (nSPS) is 10.8. The minimum atomic E-state index is 1.10. The first-order valence-electron chi connectivity index (χ1n) is 7.52. The van der Waals surface area contributed by atoms with Crippen LogP contribution in [0.5, 0.6) is 0 Å². The first kappa shape index (κ1) is 16.5. The topological polar surface area (TPSA) is 9.23 Å². The molecule has 0 aromatic heterocycles. The number of rotatable bonds is 8. The highest BCUT2D eigenvalue weighted by Gasteiger charge is 2.06. The van der Waals surface area contributed by atoms with Gasteiger partial charge in [-0.05, 0) is 36.1 Å². The van der Waals surface area contributed by atoms with Crippen molar-refractivity contribution in [2.24, 2.45) is 0 Å². The summed E-state index contributed by atoms with van der Waals surface area (Å²) >= 11 is 2.94. The first-order chi connectivity index (χ1) is 10.3. The predicted octanol–water partition coefficient (Wildman–Crippen LogP) is 6.32. The number of hydrogen-bond donors (Lipinski definition) is 0. The van der Waals surface area contributed by atoms with Crippen LogP contribution < -0.4 is 0 Å². The molecule has 2 aromatic carbocycles. The van der Waals surface area contributed by atoms with E-state index >= 15 is 0 Å². The van der Waals surface area contributed by atoms with Crippen molar-refractivity contribution in [1.82, 2.24) is 0 Å². The molecule has 0 saturated carbocycles. The lowest BCUT2D eigenvalue weighted by Crippen LogP contribution is -1.88. The molecule has 0 radical (unpaired) electrons. The van der Waals surface area contributed by atoms with Crippen molar-refractivity contribution in [1.29, 1.82) is 0 Å². The molecule has 2 rings (SSSR count). The van der Waals surface area contributed by atoms with Crippen molar-refractivity contribution in [2.45, 2.75) is 49.3 Å². The third kappa shape index (κ3) is 5.10. The molecule has 0 amide bonds. The molecule has 0 atom stereocenters. The SMILES string of the molecule is CCCc1ccccc1SOSc1ccccc1CCC. The van der Waals surface area contributed by atoms with E-state index in [1.165, 1.54) is 45.0 Å². The largest absolute Gasteiger partial charge is 0.237 e. The zero-order chi connectivity index (χ0) is 14.9. The Morgan fingerprint density at radius 3 is 1.57 bits per heavy atom. The molecule has 0 N–H and O–H groups in total. The average Bonchev–Trinajstić information content (AvgIpc) is 2.51. The first-order valence-corrected chi connectivity index (χ1v) is 9.00. The maximum Gasteiger partial charge on any atom is 0.0450 e. The van der Waals surface area contributed by atoms with Crippen LogP contribution in [0.3, 0.4) is 0 Å². The Labute approximate surface area is 136 Å². The molecule has 0 bridgehead atoms. The van der Waals surface area contributed by atoms with E-state index in [0.29, 0.717) is 0 Å². The van der Waals surface area contributed by atoms with Crippen molar-refractivity contribution in [3.63, 3.8) is 0 Å². The smallest absolute Gasteiger partial charge is 0.0450 e. The molecule has 2 aromatic rings. The fourth-order valence-electron chi connectivity index (χ4n) is 2.21. The van der Waals surface area contributed by atoms with Crippen molar-refractivity contribution in [3.8, 4) is 0 Å². The van der Waals surface area contributed by atoms with Gasteiger partial charge in [0, 0.05) is 33.9 Å². The predicted molar refractivity (Wildman–Crippen MR) is 93.7 cm³/mol. The zero-order valence-electron chi connectivity index (χ0n) is 12.7. The summed E-state index contributed by atoms with van der Waals surface area (Å²) in [5.74, 6) is 0. The Kier molecular flexibility index (Phi) is 7.20. The van der Waals surface area contributed by atoms with Gasteiger partial charge >= 0.3 is 0 Å². The van der Waals surface area contributed by atoms with Gasteiger partial charge in [0.25, 0.3) is 0 Å². The second-order valence-corrected chi connectivity index (χ2v) is 6.71. The van der Waals surface area contributed by atoms with Crippen LogP contribution in [-0.2, 0) is 16.5 Å². The van der Waals surface area contributed by atoms with Gasteiger partial charge in [-0.1, -0.05) is 63.1 Å². The summed E-state index contributed by atoms with van der Waals surface area (Å²) in [5, 5.41) is 0. The van der Waals surface area contributed by atoms with Gasteiger partial charge < -0.3 is 0 Å². The highest BCUT2D eigenvalue weighted by atomic mass is 32.2. The van der Waals surface area contributed by atoms with Gasteiger partial charge in [-0.15, -0.1) is 0 Å². The molecule has 0 aliphatic rings. The summed E-state index contributed by atoms with van der Waals surface area (Å²) < 4.78 is 5.81. The molecular weight excluding hydrogens is 296 g/mol. The number of aryl methyl sites for hydroxylation is 2. The van der Waals surface area contributed by atoms with Crippen LogP contribution in [0.2, 0.25) is 0 Å². The summed E-state index contributed by atoms with van der Waals surface area (Å²) in [6, 6.07) is 17.0. The Balaban J connectivity index is 1.95. The summed E-state index contributed by atoms with van der Waals surface area (Å²) in [7, 11) is 0. The van der Waals surface area contributed by atoms with Gasteiger partial charge in [0.15, 0.2) is 0 Å². The molecule has 112 valence electrons. The highest BCUT2D eigenvalue weighted by molar-refractivity contribution is 8.08. The molecule has 0 aliphatic carbocycles. The van der Waals surface area contributed by atoms with E-state index in [-0.39, 0.29) is 0 Å². The third-order valence-electron chi connectivity index (χ3n) is 3.23. The van der Waals surface area contributed by atoms with Gasteiger partial charge in [-0.3, -0.25) is 0 Å². The lowest BCUT2D eigenvalue weighted by molar-refractivity contribution is 0.750. The maximum atomic E-state index is 5.81. The Hall–Kier alpha value is -0.900. The molecule has 0 saturated heterocycles. The van der Waals surface area contributed by atoms with Crippen molar-refractivity contribution < 1.29 is 3.63 Å². The molecule has 21 heavy (non-hydrogen) atoms. The number of hydrogen-bond acceptors (Lipinski definition) is 3. The fourth-order valence-corrected chi connectivity index (χ4v) is 3.76. The van der Waals surface area contributed by atoms with Crippen molar-refractivity contribution in [3.05, 3.63) is 59.7 Å². The van der Waals surface area contributed by atoms with Gasteiger partial charge in [-0.25, -0.2) is 3.63 Å². The minimum Gasteiger partial charge on any atom is -0.237 e. The summed E-state index contributed by atoms with van der Waals surface area (Å²) in [6.45, 7) is 4.41. The van der Waals surface area contributed by atoms with Crippen LogP contribution in [0.4, 0.5) is 0 Å². The molecular formula is C18H22OS2. The highest BCUT2D eigenvalue weighted by Crippen LogP contribution is 2.33. The van der Waals surface area contributed by atoms with Gasteiger partial charge in [0.2, 0.25) is 0 Å². The van der Waals surface area contributed by atoms with Gasteiger partial charge in [-0.2, -0.15) is 0 Å². The molecule has 3 heteroatoms. The Morgan fingerprint density at radius 1 is 0.714 bits per heavy atom. The van der Waals surface area contributed by atoms with E-state index in [1.54, 1.807) is 0 Å². The van der Waals surface area contributed by atoms with E-state index in [1.807, 2.05) is 0 Å². The quantitative estimate of drug-likeness (QED) is 0.527. The molecule has 0 spiro atoms. The standard InChI is InChI=1S/C18H22OS2/c1-3-9-15-11-5-7-13-17(15)20-19-21-18-14-8-6-12-16(18)10-4-2/h5-8,11-14H,3-4,9-10H2,1-2H3. The Morgan fingerprint density at radius 2 is 1.14 bits per heavy atom. The number of benzene rings is 2. The molecule has 0 unspecified atom stereocenters. The van der Waals surface area contributed by atoms with Crippen LogP contribution in [0.15, 0.2) is 58.3 Å². The summed E-state index contributed by atoms with van der Waals surface area (Å²) in [5.41, 5.74) is 2.74. The lowest BCUT2D eigenvalue weighted by Gasteiger charge is -2.09. The van der Waals surface area contributed by atoms with Gasteiger partial charge in [0.1, 0.15) is 0 Å². The van der Waals surface area contributed by atoms with Crippen molar-refractivity contribution >= 4 is 24.1 Å². The second-order valence-electron chi connectivity index (χ2n) is 4.95. The minimum absolute atomic E-state index is 1.10. The monoisotopic (exact) mass is 318 g/mol. The van der Waals surface area contributed by atoms with E-state index < -0.39 is 0 Å². The molecule has 0 aliphatic heterocycles. The van der Waals surface area contributed by atoms with Crippen LogP contribution in [-0.4, -0.2) is 0 Å². The second kappa shape index (κ2) is 9.19. The van der Waals surface area contributed by atoms with Crippen LogP contribution >= 0.6 is 24.1 Å². The van der Waals surface area contributed by atoms with E-state index in [9.17, 15) is 0 Å². The van der Waals surface area contributed by atoms with E-state index in [0.717, 1.165) is 25.7 Å². The molecule has 0 heterocycles. The van der Waals surface area contributed by atoms with Crippen LogP contribution in [0, 0.1) is 0 Å². The van der Waals surface area contributed by atoms with Gasteiger partial charge in [0.05, 0.1) is 0 Å². The summed E-state index contributed by atoms with van der Waals surface area (Å²) in [6.07, 6.45) is 4.52. The maximum absolute atomic E-state index is 5.81. The molecule has 0 fully saturated rings. The fraction of sp³-hybridized carbons (Fsp3) is 0.333. The molecule has 1 nitrogen and oxygen atoms in total. The van der Waals surface area contributed by atoms with E-state index in [4.69, 9.17) is 3.63 Å². The lowest BCUT2D eigenvalue weighted by atomic mass is 10.1. The van der Waals surface area contributed by atoms with E-state index in [2.05, 4.69) is 62.4 Å². The Bertz CT molecular complexity index is 505. The van der Waals surface area contributed by atoms with Crippen LogP contribution in [0.1, 0.15) is 37.8 Å². The third-order valence-corrected chi connectivity index (χ3v) is 4.93. The zero-order valence-corrected chi connectivity index (χ0v) is 14.3. The van der Waals surface area contributed by atoms with Crippen LogP contribution in [0.25, 0.3) is 0 Å². The van der Waals surface area contributed by atoms with Crippen molar-refractivity contribution in [2.75, 3.05) is 0 Å². The summed E-state index contributed by atoms with van der Waals surface area (Å²) in [4.78, 5) is 2.44. The average molecular weight is 319 g/mol.